The summed E-state index contributed by atoms with van der Waals surface area (Å²) in [6.45, 7) is 2.18. The van der Waals surface area contributed by atoms with E-state index in [1.807, 2.05) is 18.2 Å². The third-order valence-corrected chi connectivity index (χ3v) is 2.48. The van der Waals surface area contributed by atoms with Gasteiger partial charge in [-0.25, -0.2) is 0 Å². The second kappa shape index (κ2) is 5.18. The Hall–Kier alpha value is -0.630. The molecule has 0 aliphatic rings. The number of aryl methyl sites for hydroxylation is 1. The van der Waals surface area contributed by atoms with Crippen molar-refractivity contribution in [3.63, 3.8) is 0 Å². The molecule has 1 aromatic rings. The number of hydrogen-bond donors (Lipinski definition) is 1. The molecular weight excluding hydrogens is 226 g/mol. The molecule has 0 saturated carbocycles. The van der Waals surface area contributed by atoms with Gasteiger partial charge in [0.2, 0.25) is 0 Å². The normalized spacial score (nSPS) is 10.0. The number of halogens is 1. The fraction of sp³-hybridized carbons (Fsp3) is 0.364. The van der Waals surface area contributed by atoms with Crippen molar-refractivity contribution < 1.29 is 0 Å². The van der Waals surface area contributed by atoms with Gasteiger partial charge in [-0.3, -0.25) is 5.41 Å². The molecule has 0 atom stereocenters. The lowest BCUT2D eigenvalue weighted by Crippen LogP contribution is -1.96. The Morgan fingerprint density at radius 1 is 1.38 bits per heavy atom. The number of nitrogens with one attached hydrogen (secondary N) is 1. The predicted molar refractivity (Wildman–Crippen MR) is 60.8 cm³/mol. The van der Waals surface area contributed by atoms with E-state index in [1.165, 1.54) is 18.4 Å². The lowest BCUT2D eigenvalue weighted by molar-refractivity contribution is 0.794. The molecule has 0 aliphatic heterocycles. The van der Waals surface area contributed by atoms with Crippen LogP contribution in [-0.2, 0) is 6.42 Å². The lowest BCUT2D eigenvalue weighted by atomic mass is 10.0. The van der Waals surface area contributed by atoms with E-state index >= 15 is 0 Å². The fourth-order valence-electron chi connectivity index (χ4n) is 1.32. The zero-order chi connectivity index (χ0) is 9.68. The number of unbranched alkanes of at least 4 members (excludes halogenated alkanes) is 1. The summed E-state index contributed by atoms with van der Waals surface area (Å²) in [5, 5.41) is 7.53. The molecule has 0 radical (unpaired) electrons. The Kier molecular flexibility index (Phi) is 4.16. The maximum absolute atomic E-state index is 7.53. The van der Waals surface area contributed by atoms with E-state index in [9.17, 15) is 0 Å². The molecule has 1 rings (SSSR count). The Labute approximate surface area is 87.8 Å². The van der Waals surface area contributed by atoms with Crippen molar-refractivity contribution in [2.24, 2.45) is 0 Å². The molecule has 1 nitrogen and oxygen atoms in total. The average molecular weight is 240 g/mol. The predicted octanol–water partition coefficient (Wildman–Crippen LogP) is 3.75. The van der Waals surface area contributed by atoms with E-state index in [-0.39, 0.29) is 0 Å². The average Bonchev–Trinajstić information content (AvgIpc) is 2.15. The van der Waals surface area contributed by atoms with E-state index < -0.39 is 0 Å². The summed E-state index contributed by atoms with van der Waals surface area (Å²) < 4.78 is 0.485. The summed E-state index contributed by atoms with van der Waals surface area (Å²) in [5.74, 6) is 0. The zero-order valence-electron chi connectivity index (χ0n) is 7.81. The smallest absolute Gasteiger partial charge is 0.104 e. The highest BCUT2D eigenvalue weighted by atomic mass is 79.9. The van der Waals surface area contributed by atoms with Crippen molar-refractivity contribution in [1.29, 1.82) is 5.41 Å². The van der Waals surface area contributed by atoms with Crippen LogP contribution in [0.25, 0.3) is 0 Å². The van der Waals surface area contributed by atoms with E-state index in [4.69, 9.17) is 5.41 Å². The molecule has 0 amide bonds. The van der Waals surface area contributed by atoms with Crippen LogP contribution in [-0.4, -0.2) is 4.62 Å². The highest BCUT2D eigenvalue weighted by Gasteiger charge is 2.03. The van der Waals surface area contributed by atoms with Gasteiger partial charge in [0, 0.05) is 5.56 Å². The zero-order valence-corrected chi connectivity index (χ0v) is 9.39. The van der Waals surface area contributed by atoms with E-state index in [0.29, 0.717) is 4.62 Å². The minimum atomic E-state index is 0.485. The lowest BCUT2D eigenvalue weighted by Gasteiger charge is -2.05. The van der Waals surface area contributed by atoms with Crippen LogP contribution in [0.3, 0.4) is 0 Å². The van der Waals surface area contributed by atoms with Gasteiger partial charge in [0.1, 0.15) is 4.62 Å². The number of benzene rings is 1. The molecule has 13 heavy (non-hydrogen) atoms. The van der Waals surface area contributed by atoms with Gasteiger partial charge in [0.05, 0.1) is 0 Å². The largest absolute Gasteiger partial charge is 0.293 e. The van der Waals surface area contributed by atoms with Crippen molar-refractivity contribution in [2.75, 3.05) is 0 Å². The standard InChI is InChI=1S/C11H14BrN/c1-2-3-6-9-7-4-5-8-10(9)11(12)13/h4-5,7-8,13H,2-3,6H2,1H3. The third kappa shape index (κ3) is 2.96. The Morgan fingerprint density at radius 3 is 2.69 bits per heavy atom. The van der Waals surface area contributed by atoms with Crippen LogP contribution in [0.2, 0.25) is 0 Å². The molecule has 0 unspecified atom stereocenters. The first-order valence-corrected chi connectivity index (χ1v) is 5.37. The first-order valence-electron chi connectivity index (χ1n) is 4.58. The van der Waals surface area contributed by atoms with Crippen LogP contribution >= 0.6 is 15.9 Å². The van der Waals surface area contributed by atoms with Crippen LogP contribution in [0.5, 0.6) is 0 Å². The summed E-state index contributed by atoms with van der Waals surface area (Å²) >= 11 is 3.21. The van der Waals surface area contributed by atoms with E-state index in [1.54, 1.807) is 0 Å². The van der Waals surface area contributed by atoms with Crippen molar-refractivity contribution in [2.45, 2.75) is 26.2 Å². The topological polar surface area (TPSA) is 23.9 Å². The molecule has 0 fully saturated rings. The Balaban J connectivity index is 2.84. The second-order valence-corrected chi connectivity index (χ2v) is 3.87. The first kappa shape index (κ1) is 10.5. The molecule has 1 N–H and O–H groups in total. The van der Waals surface area contributed by atoms with Gasteiger partial charge in [-0.2, -0.15) is 0 Å². The van der Waals surface area contributed by atoms with Gasteiger partial charge < -0.3 is 0 Å². The van der Waals surface area contributed by atoms with Gasteiger partial charge in [-0.15, -0.1) is 0 Å². The van der Waals surface area contributed by atoms with Gasteiger partial charge in [0.15, 0.2) is 0 Å². The quantitative estimate of drug-likeness (QED) is 0.775. The van der Waals surface area contributed by atoms with Gasteiger partial charge in [-0.05, 0) is 34.3 Å². The molecule has 0 saturated heterocycles. The molecule has 0 aliphatic carbocycles. The Bertz CT molecular complexity index is 294. The summed E-state index contributed by atoms with van der Waals surface area (Å²) in [6, 6.07) is 8.09. The van der Waals surface area contributed by atoms with Crippen LogP contribution in [0, 0.1) is 5.41 Å². The maximum atomic E-state index is 7.53. The van der Waals surface area contributed by atoms with Crippen LogP contribution in [0.15, 0.2) is 24.3 Å². The summed E-state index contributed by atoms with van der Waals surface area (Å²) in [6.07, 6.45) is 3.46. The number of rotatable bonds is 4. The highest BCUT2D eigenvalue weighted by molar-refractivity contribution is 9.18. The van der Waals surface area contributed by atoms with Crippen LogP contribution in [0.4, 0.5) is 0 Å². The van der Waals surface area contributed by atoms with Crippen molar-refractivity contribution in [3.05, 3.63) is 35.4 Å². The molecule has 2 heteroatoms. The van der Waals surface area contributed by atoms with Crippen LogP contribution < -0.4 is 0 Å². The molecule has 70 valence electrons. The van der Waals surface area contributed by atoms with Crippen molar-refractivity contribution in [3.8, 4) is 0 Å². The SMILES string of the molecule is CCCCc1ccccc1C(=N)Br. The third-order valence-electron chi connectivity index (χ3n) is 2.05. The van der Waals surface area contributed by atoms with Crippen LogP contribution in [0.1, 0.15) is 30.9 Å². The summed E-state index contributed by atoms with van der Waals surface area (Å²) in [5.41, 5.74) is 2.29. The molecule has 0 spiro atoms. The monoisotopic (exact) mass is 239 g/mol. The minimum absolute atomic E-state index is 0.485. The molecule has 0 aromatic heterocycles. The van der Waals surface area contributed by atoms with Crippen molar-refractivity contribution in [1.82, 2.24) is 0 Å². The number of hydrogen-bond acceptors (Lipinski definition) is 1. The molecule has 1 aromatic carbocycles. The van der Waals surface area contributed by atoms with Gasteiger partial charge in [-0.1, -0.05) is 37.6 Å². The molecule has 0 heterocycles. The van der Waals surface area contributed by atoms with Crippen molar-refractivity contribution >= 4 is 20.6 Å². The highest BCUT2D eigenvalue weighted by Crippen LogP contribution is 2.14. The minimum Gasteiger partial charge on any atom is -0.293 e. The second-order valence-electron chi connectivity index (χ2n) is 3.07. The molecule has 0 bridgehead atoms. The van der Waals surface area contributed by atoms with Gasteiger partial charge >= 0.3 is 0 Å². The van der Waals surface area contributed by atoms with Gasteiger partial charge in [0.25, 0.3) is 0 Å². The summed E-state index contributed by atoms with van der Waals surface area (Å²) in [4.78, 5) is 0. The molecular formula is C11H14BrN. The fourth-order valence-corrected chi connectivity index (χ4v) is 1.71. The maximum Gasteiger partial charge on any atom is 0.104 e. The van der Waals surface area contributed by atoms with E-state index in [2.05, 4.69) is 28.9 Å². The first-order chi connectivity index (χ1) is 6.25. The Morgan fingerprint density at radius 2 is 2.08 bits per heavy atom. The summed E-state index contributed by atoms with van der Waals surface area (Å²) in [7, 11) is 0. The van der Waals surface area contributed by atoms with E-state index in [0.717, 1.165) is 12.0 Å².